The number of carboxylic acids is 1. The molecular weight excluding hydrogens is 518 g/mol. The fraction of sp³-hybridized carbons (Fsp3) is 0.370. The maximum atomic E-state index is 13.2. The van der Waals surface area contributed by atoms with Gasteiger partial charge in [0.2, 0.25) is 17.7 Å². The fourth-order valence-electron chi connectivity index (χ4n) is 3.78. The van der Waals surface area contributed by atoms with Crippen molar-refractivity contribution in [2.24, 2.45) is 22.2 Å². The number of aliphatic carboxylic acids is 1. The Balaban J connectivity index is 2.09. The Bertz CT molecular complexity index is 1140. The number of carbonyl (C=O) groups is 4. The van der Waals surface area contributed by atoms with Gasteiger partial charge in [-0.05, 0) is 24.0 Å². The highest BCUT2D eigenvalue weighted by atomic mass is 16.4. The molecule has 0 fully saturated rings. The highest BCUT2D eigenvalue weighted by Crippen LogP contribution is 2.07. The molecule has 0 aliphatic heterocycles. The summed E-state index contributed by atoms with van der Waals surface area (Å²) >= 11 is 0. The van der Waals surface area contributed by atoms with Crippen LogP contribution in [0, 0.1) is 0 Å². The first-order valence-electron chi connectivity index (χ1n) is 12.7. The SMILES string of the molecule is NC(N)=NCCCC(N)C(=O)NC(Cc1ccccc1)C(=O)NC(CO)C(=O)NC(Cc1ccccc1)C(=O)O. The van der Waals surface area contributed by atoms with Crippen molar-refractivity contribution in [2.45, 2.75) is 49.9 Å². The maximum absolute atomic E-state index is 13.2. The summed E-state index contributed by atoms with van der Waals surface area (Å²) in [6.45, 7) is -0.516. The number of nitrogens with one attached hydrogen (secondary N) is 3. The number of rotatable bonds is 16. The smallest absolute Gasteiger partial charge is 0.326 e. The second-order valence-corrected chi connectivity index (χ2v) is 9.14. The number of aliphatic hydroxyl groups excluding tert-OH is 1. The third kappa shape index (κ3) is 11.1. The predicted octanol–water partition coefficient (Wildman–Crippen LogP) is -1.62. The molecule has 4 atom stereocenters. The highest BCUT2D eigenvalue weighted by molar-refractivity contribution is 5.94. The van der Waals surface area contributed by atoms with E-state index in [-0.39, 0.29) is 31.8 Å². The largest absolute Gasteiger partial charge is 0.480 e. The van der Waals surface area contributed by atoms with E-state index in [1.54, 1.807) is 60.7 Å². The van der Waals surface area contributed by atoms with E-state index in [9.17, 15) is 29.4 Å². The number of hydrogen-bond donors (Lipinski definition) is 8. The van der Waals surface area contributed by atoms with Gasteiger partial charge in [0.25, 0.3) is 0 Å². The van der Waals surface area contributed by atoms with Crippen molar-refractivity contribution in [3.63, 3.8) is 0 Å². The van der Waals surface area contributed by atoms with Crippen LogP contribution >= 0.6 is 0 Å². The molecule has 0 aromatic heterocycles. The van der Waals surface area contributed by atoms with Gasteiger partial charge in [-0.1, -0.05) is 60.7 Å². The van der Waals surface area contributed by atoms with Crippen LogP contribution in [0.25, 0.3) is 0 Å². The van der Waals surface area contributed by atoms with Crippen molar-refractivity contribution in [1.82, 2.24) is 16.0 Å². The minimum absolute atomic E-state index is 0.00176. The van der Waals surface area contributed by atoms with Crippen molar-refractivity contribution in [3.05, 3.63) is 71.8 Å². The normalized spacial score (nSPS) is 13.7. The number of carbonyl (C=O) groups excluding carboxylic acids is 3. The summed E-state index contributed by atoms with van der Waals surface area (Å²) < 4.78 is 0. The molecule has 0 spiro atoms. The van der Waals surface area contributed by atoms with Gasteiger partial charge in [-0.15, -0.1) is 0 Å². The second kappa shape index (κ2) is 16.5. The van der Waals surface area contributed by atoms with Crippen LogP contribution in [0.15, 0.2) is 65.7 Å². The van der Waals surface area contributed by atoms with Crippen molar-refractivity contribution >= 4 is 29.7 Å². The number of hydrogen-bond acceptors (Lipinski definition) is 7. The Kier molecular flexibility index (Phi) is 13.1. The molecule has 0 bridgehead atoms. The van der Waals surface area contributed by atoms with E-state index >= 15 is 0 Å². The standard InChI is InChI=1S/C27H37N7O6/c28-19(12-7-13-31-27(29)30)23(36)32-20(14-17-8-3-1-4-9-17)24(37)34-22(16-35)25(38)33-21(26(39)40)15-18-10-5-2-6-11-18/h1-6,8-11,19-22,35H,7,12-16,28H2,(H,32,36)(H,33,38)(H,34,37)(H,39,40)(H4,29,30,31). The Hall–Kier alpha value is -4.49. The van der Waals surface area contributed by atoms with Crippen LogP contribution < -0.4 is 33.2 Å². The topological polar surface area (TPSA) is 235 Å². The van der Waals surface area contributed by atoms with E-state index in [0.29, 0.717) is 12.0 Å². The first kappa shape index (κ1) is 31.7. The quantitative estimate of drug-likeness (QED) is 0.0674. The molecule has 0 aliphatic rings. The lowest BCUT2D eigenvalue weighted by molar-refractivity contribution is -0.142. The van der Waals surface area contributed by atoms with Gasteiger partial charge in [0, 0.05) is 19.4 Å². The van der Waals surface area contributed by atoms with E-state index in [2.05, 4.69) is 20.9 Å². The van der Waals surface area contributed by atoms with Crippen LogP contribution in [0.2, 0.25) is 0 Å². The molecule has 0 radical (unpaired) electrons. The zero-order chi connectivity index (χ0) is 29.5. The summed E-state index contributed by atoms with van der Waals surface area (Å²) in [7, 11) is 0. The number of aliphatic hydroxyl groups is 1. The Morgan fingerprint density at radius 3 is 1.73 bits per heavy atom. The molecule has 0 aliphatic carbocycles. The minimum atomic E-state index is -1.46. The highest BCUT2D eigenvalue weighted by Gasteiger charge is 2.30. The summed E-state index contributed by atoms with van der Waals surface area (Å²) in [5.41, 5.74) is 18.0. The van der Waals surface area contributed by atoms with E-state index in [1.165, 1.54) is 0 Å². The van der Waals surface area contributed by atoms with Crippen LogP contribution in [0.1, 0.15) is 24.0 Å². The summed E-state index contributed by atoms with van der Waals surface area (Å²) in [6, 6.07) is 12.7. The van der Waals surface area contributed by atoms with Crippen LogP contribution in [0.4, 0.5) is 0 Å². The number of benzene rings is 2. The first-order chi connectivity index (χ1) is 19.1. The monoisotopic (exact) mass is 555 g/mol. The zero-order valence-electron chi connectivity index (χ0n) is 22.0. The van der Waals surface area contributed by atoms with Crippen molar-refractivity contribution in [2.75, 3.05) is 13.2 Å². The molecule has 3 amide bonds. The van der Waals surface area contributed by atoms with Crippen LogP contribution in [-0.4, -0.2) is 77.2 Å². The Morgan fingerprint density at radius 2 is 1.23 bits per heavy atom. The van der Waals surface area contributed by atoms with Gasteiger partial charge in [-0.25, -0.2) is 4.79 Å². The average Bonchev–Trinajstić information content (AvgIpc) is 2.93. The van der Waals surface area contributed by atoms with Crippen molar-refractivity contribution < 1.29 is 29.4 Å². The van der Waals surface area contributed by atoms with Crippen LogP contribution in [0.5, 0.6) is 0 Å². The zero-order valence-corrected chi connectivity index (χ0v) is 22.0. The van der Waals surface area contributed by atoms with E-state index in [4.69, 9.17) is 17.2 Å². The van der Waals surface area contributed by atoms with Gasteiger partial charge >= 0.3 is 5.97 Å². The number of amides is 3. The molecule has 11 N–H and O–H groups in total. The Labute approximate surface area is 232 Å². The molecule has 40 heavy (non-hydrogen) atoms. The third-order valence-electron chi connectivity index (χ3n) is 5.93. The average molecular weight is 556 g/mol. The lowest BCUT2D eigenvalue weighted by Gasteiger charge is -2.24. The van der Waals surface area contributed by atoms with Crippen LogP contribution in [-0.2, 0) is 32.0 Å². The summed E-state index contributed by atoms with van der Waals surface area (Å²) in [5.74, 6) is -3.59. The number of guanidine groups is 1. The number of aliphatic imine (C=N–C) groups is 1. The molecule has 0 saturated carbocycles. The lowest BCUT2D eigenvalue weighted by atomic mass is 10.0. The molecule has 13 nitrogen and oxygen atoms in total. The molecular formula is C27H37N7O6. The van der Waals surface area contributed by atoms with Crippen molar-refractivity contribution in [1.29, 1.82) is 0 Å². The Morgan fingerprint density at radius 1 is 0.750 bits per heavy atom. The molecule has 0 saturated heterocycles. The minimum Gasteiger partial charge on any atom is -0.480 e. The molecule has 216 valence electrons. The molecule has 2 aromatic rings. The lowest BCUT2D eigenvalue weighted by Crippen LogP contribution is -2.58. The molecule has 4 unspecified atom stereocenters. The predicted molar refractivity (Wildman–Crippen MR) is 149 cm³/mol. The molecule has 0 heterocycles. The van der Waals surface area contributed by atoms with Gasteiger partial charge in [-0.3, -0.25) is 19.4 Å². The third-order valence-corrected chi connectivity index (χ3v) is 5.93. The molecule has 13 heteroatoms. The molecule has 2 aromatic carbocycles. The summed E-state index contributed by atoms with van der Waals surface area (Å²) in [4.78, 5) is 54.4. The number of nitrogens with two attached hydrogens (primary N) is 3. The maximum Gasteiger partial charge on any atom is 0.326 e. The van der Waals surface area contributed by atoms with Gasteiger partial charge in [-0.2, -0.15) is 0 Å². The summed E-state index contributed by atoms with van der Waals surface area (Å²) in [5, 5.41) is 26.8. The number of carboxylic acid groups (broad SMARTS) is 1. The van der Waals surface area contributed by atoms with Gasteiger partial charge in [0.1, 0.15) is 18.1 Å². The van der Waals surface area contributed by atoms with Gasteiger partial charge in [0.15, 0.2) is 5.96 Å². The van der Waals surface area contributed by atoms with Crippen molar-refractivity contribution in [3.8, 4) is 0 Å². The fourth-order valence-corrected chi connectivity index (χ4v) is 3.78. The number of nitrogens with zero attached hydrogens (tertiary/aromatic N) is 1. The molecule has 2 rings (SSSR count). The first-order valence-corrected chi connectivity index (χ1v) is 12.7. The van der Waals surface area contributed by atoms with Gasteiger partial charge < -0.3 is 43.4 Å². The van der Waals surface area contributed by atoms with Gasteiger partial charge in [0.05, 0.1) is 12.6 Å². The van der Waals surface area contributed by atoms with E-state index in [1.807, 2.05) is 0 Å². The van der Waals surface area contributed by atoms with E-state index < -0.39 is 54.5 Å². The summed E-state index contributed by atoms with van der Waals surface area (Å²) in [6.07, 6.45) is 0.761. The van der Waals surface area contributed by atoms with E-state index in [0.717, 1.165) is 5.56 Å². The van der Waals surface area contributed by atoms with Crippen LogP contribution in [0.3, 0.4) is 0 Å². The second-order valence-electron chi connectivity index (χ2n) is 9.14.